The van der Waals surface area contributed by atoms with Crippen LogP contribution in [0.4, 0.5) is 0 Å². The molecule has 0 bridgehead atoms. The third-order valence-corrected chi connectivity index (χ3v) is 2.88. The van der Waals surface area contributed by atoms with Crippen molar-refractivity contribution in [3.8, 4) is 0 Å². The fourth-order valence-corrected chi connectivity index (χ4v) is 1.69. The zero-order valence-corrected chi connectivity index (χ0v) is 11.5. The van der Waals surface area contributed by atoms with Crippen molar-refractivity contribution < 1.29 is 14.3 Å². The van der Waals surface area contributed by atoms with E-state index >= 15 is 0 Å². The van der Waals surface area contributed by atoms with E-state index in [1.54, 1.807) is 21.0 Å². The average Bonchev–Trinajstić information content (AvgIpc) is 2.36. The molecule has 0 saturated heterocycles. The highest BCUT2D eigenvalue weighted by atomic mass is 35.5. The molecular weight excluding hydrogens is 256 g/mol. The average molecular weight is 273 g/mol. The maximum absolute atomic E-state index is 12.1. The normalized spacial score (nSPS) is 14.0. The van der Waals surface area contributed by atoms with Crippen LogP contribution >= 0.6 is 11.6 Å². The first-order valence-corrected chi connectivity index (χ1v) is 6.06. The van der Waals surface area contributed by atoms with Crippen LogP contribution in [0.5, 0.6) is 0 Å². The van der Waals surface area contributed by atoms with Crippen molar-refractivity contribution in [2.24, 2.45) is 0 Å². The van der Waals surface area contributed by atoms with Crippen LogP contribution in [0.25, 0.3) is 0 Å². The fraction of sp³-hybridized carbons (Fsp3) is 0.583. The van der Waals surface area contributed by atoms with Crippen molar-refractivity contribution in [1.82, 2.24) is 9.97 Å². The summed E-state index contributed by atoms with van der Waals surface area (Å²) in [5, 5.41) is 0.250. The van der Waals surface area contributed by atoms with Crippen LogP contribution in [0.1, 0.15) is 26.0 Å². The molecule has 5 nitrogen and oxygen atoms in total. The minimum absolute atomic E-state index is 0.250. The SMILES string of the molecule is CCOC(=O)C(C)(CCOC)c1cncc(Cl)n1. The molecule has 0 aliphatic carbocycles. The molecule has 1 aromatic heterocycles. The third-order valence-electron chi connectivity index (χ3n) is 2.70. The zero-order chi connectivity index (χ0) is 13.6. The Morgan fingerprint density at radius 2 is 2.22 bits per heavy atom. The first kappa shape index (κ1) is 14.9. The predicted octanol–water partition coefficient (Wildman–Crippen LogP) is 1.99. The lowest BCUT2D eigenvalue weighted by atomic mass is 9.83. The first-order valence-electron chi connectivity index (χ1n) is 5.68. The van der Waals surface area contributed by atoms with Crippen molar-refractivity contribution in [2.75, 3.05) is 20.3 Å². The molecule has 0 fully saturated rings. The Kier molecular flexibility index (Phi) is 5.50. The topological polar surface area (TPSA) is 61.3 Å². The van der Waals surface area contributed by atoms with Crippen LogP contribution in [-0.4, -0.2) is 36.3 Å². The lowest BCUT2D eigenvalue weighted by Crippen LogP contribution is -2.36. The van der Waals surface area contributed by atoms with Gasteiger partial charge in [-0.25, -0.2) is 4.98 Å². The number of carbonyl (C=O) groups is 1. The minimum Gasteiger partial charge on any atom is -0.465 e. The Labute approximate surface area is 111 Å². The van der Waals surface area contributed by atoms with Crippen molar-refractivity contribution in [1.29, 1.82) is 0 Å². The molecule has 1 aromatic rings. The van der Waals surface area contributed by atoms with E-state index in [0.717, 1.165) is 0 Å². The summed E-state index contributed by atoms with van der Waals surface area (Å²) in [6.45, 7) is 4.25. The number of ether oxygens (including phenoxy) is 2. The van der Waals surface area contributed by atoms with Gasteiger partial charge in [-0.1, -0.05) is 11.6 Å². The number of hydrogen-bond donors (Lipinski definition) is 0. The van der Waals surface area contributed by atoms with E-state index in [0.29, 0.717) is 25.3 Å². The molecule has 6 heteroatoms. The van der Waals surface area contributed by atoms with E-state index in [9.17, 15) is 4.79 Å². The molecule has 0 aliphatic rings. The molecule has 0 N–H and O–H groups in total. The lowest BCUT2D eigenvalue weighted by Gasteiger charge is -2.26. The second-order valence-electron chi connectivity index (χ2n) is 4.02. The lowest BCUT2D eigenvalue weighted by molar-refractivity contribution is -0.150. The monoisotopic (exact) mass is 272 g/mol. The molecule has 0 aliphatic heterocycles. The molecule has 1 atom stereocenters. The quantitative estimate of drug-likeness (QED) is 0.741. The smallest absolute Gasteiger partial charge is 0.318 e. The van der Waals surface area contributed by atoms with Gasteiger partial charge < -0.3 is 9.47 Å². The van der Waals surface area contributed by atoms with Crippen LogP contribution < -0.4 is 0 Å². The number of aromatic nitrogens is 2. The van der Waals surface area contributed by atoms with E-state index in [-0.39, 0.29) is 11.1 Å². The van der Waals surface area contributed by atoms with Crippen molar-refractivity contribution in [2.45, 2.75) is 25.7 Å². The predicted molar refractivity (Wildman–Crippen MR) is 67.5 cm³/mol. The Morgan fingerprint density at radius 3 is 2.78 bits per heavy atom. The van der Waals surface area contributed by atoms with Crippen LogP contribution in [0.15, 0.2) is 12.4 Å². The van der Waals surface area contributed by atoms with Gasteiger partial charge >= 0.3 is 5.97 Å². The maximum atomic E-state index is 12.1. The van der Waals surface area contributed by atoms with E-state index in [2.05, 4.69) is 9.97 Å². The number of nitrogens with zero attached hydrogens (tertiary/aromatic N) is 2. The van der Waals surface area contributed by atoms with Crippen LogP contribution in [0, 0.1) is 0 Å². The van der Waals surface area contributed by atoms with Crippen LogP contribution in [0.3, 0.4) is 0 Å². The zero-order valence-electron chi connectivity index (χ0n) is 10.8. The van der Waals surface area contributed by atoms with E-state index < -0.39 is 5.41 Å². The molecule has 1 rings (SSSR count). The molecule has 0 spiro atoms. The van der Waals surface area contributed by atoms with Gasteiger partial charge in [0.2, 0.25) is 0 Å². The number of hydrogen-bond acceptors (Lipinski definition) is 5. The third kappa shape index (κ3) is 3.40. The van der Waals surface area contributed by atoms with Crippen LogP contribution in [-0.2, 0) is 19.7 Å². The standard InChI is InChI=1S/C12H17ClN2O3/c1-4-18-11(16)12(2,5-6-17-3)9-7-14-8-10(13)15-9/h7-8H,4-6H2,1-3H3. The molecule has 1 unspecified atom stereocenters. The number of esters is 1. The summed E-state index contributed by atoms with van der Waals surface area (Å²) in [4.78, 5) is 20.2. The summed E-state index contributed by atoms with van der Waals surface area (Å²) in [5.74, 6) is -0.349. The summed E-state index contributed by atoms with van der Waals surface area (Å²) >= 11 is 5.81. The molecule has 0 aromatic carbocycles. The fourth-order valence-electron chi connectivity index (χ4n) is 1.54. The summed E-state index contributed by atoms with van der Waals surface area (Å²) in [6.07, 6.45) is 3.41. The van der Waals surface area contributed by atoms with Gasteiger partial charge in [0.15, 0.2) is 0 Å². The minimum atomic E-state index is -0.899. The number of halogens is 1. The van der Waals surface area contributed by atoms with Gasteiger partial charge in [0, 0.05) is 19.9 Å². The van der Waals surface area contributed by atoms with Crippen molar-refractivity contribution >= 4 is 17.6 Å². The Balaban J connectivity index is 3.06. The molecule has 100 valence electrons. The van der Waals surface area contributed by atoms with Gasteiger partial charge in [0.05, 0.1) is 18.5 Å². The maximum Gasteiger partial charge on any atom is 0.318 e. The largest absolute Gasteiger partial charge is 0.465 e. The molecule has 0 amide bonds. The molecule has 0 saturated carbocycles. The highest BCUT2D eigenvalue weighted by Crippen LogP contribution is 2.28. The second kappa shape index (κ2) is 6.66. The summed E-state index contributed by atoms with van der Waals surface area (Å²) in [5.41, 5.74) is -0.408. The van der Waals surface area contributed by atoms with Gasteiger partial charge in [0.1, 0.15) is 10.6 Å². The van der Waals surface area contributed by atoms with Crippen molar-refractivity contribution in [3.63, 3.8) is 0 Å². The molecule has 18 heavy (non-hydrogen) atoms. The Hall–Kier alpha value is -1.20. The van der Waals surface area contributed by atoms with Crippen LogP contribution in [0.2, 0.25) is 5.15 Å². The van der Waals surface area contributed by atoms with Gasteiger partial charge in [-0.2, -0.15) is 0 Å². The van der Waals surface area contributed by atoms with E-state index in [1.807, 2.05) is 0 Å². The number of rotatable bonds is 6. The second-order valence-corrected chi connectivity index (χ2v) is 4.41. The van der Waals surface area contributed by atoms with Gasteiger partial charge in [-0.3, -0.25) is 9.78 Å². The van der Waals surface area contributed by atoms with Gasteiger partial charge in [0.25, 0.3) is 0 Å². The van der Waals surface area contributed by atoms with Crippen molar-refractivity contribution in [3.05, 3.63) is 23.2 Å². The number of methoxy groups -OCH3 is 1. The van der Waals surface area contributed by atoms with E-state index in [1.165, 1.54) is 12.4 Å². The van der Waals surface area contributed by atoms with Gasteiger partial charge in [-0.15, -0.1) is 0 Å². The van der Waals surface area contributed by atoms with E-state index in [4.69, 9.17) is 21.1 Å². The summed E-state index contributed by atoms with van der Waals surface area (Å²) < 4.78 is 10.1. The highest BCUT2D eigenvalue weighted by Gasteiger charge is 2.38. The Bertz CT molecular complexity index is 414. The number of carbonyl (C=O) groups excluding carboxylic acids is 1. The first-order chi connectivity index (χ1) is 8.54. The highest BCUT2D eigenvalue weighted by molar-refractivity contribution is 6.29. The van der Waals surface area contributed by atoms with Gasteiger partial charge in [-0.05, 0) is 20.3 Å². The summed E-state index contributed by atoms with van der Waals surface area (Å²) in [6, 6.07) is 0. The molecular formula is C12H17ClN2O3. The molecule has 0 radical (unpaired) electrons. The molecule has 1 heterocycles. The Morgan fingerprint density at radius 1 is 1.50 bits per heavy atom. The summed E-state index contributed by atoms with van der Waals surface area (Å²) in [7, 11) is 1.58.